The average molecular weight is 363 g/mol. The summed E-state index contributed by atoms with van der Waals surface area (Å²) in [6, 6.07) is 4.82. The highest BCUT2D eigenvalue weighted by molar-refractivity contribution is 5.30. The van der Waals surface area contributed by atoms with Crippen molar-refractivity contribution in [1.29, 1.82) is 0 Å². The molecule has 138 valence electrons. The predicted molar refractivity (Wildman–Crippen MR) is 90.3 cm³/mol. The molecular weight excluding hydrogens is 343 g/mol. The van der Waals surface area contributed by atoms with Gasteiger partial charge in [0.2, 0.25) is 0 Å². The highest BCUT2D eigenvalue weighted by Crippen LogP contribution is 2.35. The van der Waals surface area contributed by atoms with Crippen molar-refractivity contribution in [3.05, 3.63) is 41.5 Å². The standard InChI is InChI=1S/C19H20F3N3O/c1-3-13-7-9-14(10-8-13)18-24-23-17(25(18)2)12-26-16-6-4-5-15(11-16)19(20,21)22/h1,4-6,11,13-14H,7-10,12H2,2H3. The summed E-state index contributed by atoms with van der Waals surface area (Å²) in [7, 11) is 1.85. The van der Waals surface area contributed by atoms with Crippen LogP contribution >= 0.6 is 0 Å². The summed E-state index contributed by atoms with van der Waals surface area (Å²) >= 11 is 0. The molecule has 3 rings (SSSR count). The number of nitrogens with zero attached hydrogens (tertiary/aromatic N) is 3. The molecule has 0 spiro atoms. The van der Waals surface area contributed by atoms with E-state index in [9.17, 15) is 13.2 Å². The molecule has 0 unspecified atom stereocenters. The largest absolute Gasteiger partial charge is 0.486 e. The first-order chi connectivity index (χ1) is 12.4. The van der Waals surface area contributed by atoms with Crippen LogP contribution in [0.25, 0.3) is 0 Å². The maximum Gasteiger partial charge on any atom is 0.416 e. The number of benzene rings is 1. The molecule has 1 saturated carbocycles. The Hall–Kier alpha value is -2.49. The zero-order valence-corrected chi connectivity index (χ0v) is 14.5. The Morgan fingerprint density at radius 2 is 1.96 bits per heavy atom. The van der Waals surface area contributed by atoms with E-state index in [1.54, 1.807) is 0 Å². The van der Waals surface area contributed by atoms with Gasteiger partial charge in [-0.05, 0) is 43.9 Å². The molecule has 0 amide bonds. The second-order valence-corrected chi connectivity index (χ2v) is 6.56. The zero-order valence-electron chi connectivity index (χ0n) is 14.5. The van der Waals surface area contributed by atoms with Crippen molar-refractivity contribution in [3.63, 3.8) is 0 Å². The van der Waals surface area contributed by atoms with Gasteiger partial charge in [0.1, 0.15) is 18.2 Å². The predicted octanol–water partition coefficient (Wildman–Crippen LogP) is 4.32. The molecule has 0 bridgehead atoms. The smallest absolute Gasteiger partial charge is 0.416 e. The topological polar surface area (TPSA) is 39.9 Å². The molecular formula is C19H20F3N3O. The molecule has 1 aliphatic carbocycles. The van der Waals surface area contributed by atoms with Crippen molar-refractivity contribution in [2.75, 3.05) is 0 Å². The molecule has 1 aliphatic rings. The van der Waals surface area contributed by atoms with Gasteiger partial charge in [0.05, 0.1) is 5.56 Å². The van der Waals surface area contributed by atoms with Crippen molar-refractivity contribution in [3.8, 4) is 18.1 Å². The van der Waals surface area contributed by atoms with Crippen LogP contribution in [0.2, 0.25) is 0 Å². The van der Waals surface area contributed by atoms with E-state index in [4.69, 9.17) is 11.2 Å². The molecule has 0 aliphatic heterocycles. The third-order valence-electron chi connectivity index (χ3n) is 4.86. The van der Waals surface area contributed by atoms with Gasteiger partial charge in [-0.1, -0.05) is 6.07 Å². The Morgan fingerprint density at radius 3 is 2.62 bits per heavy atom. The van der Waals surface area contributed by atoms with E-state index in [2.05, 4.69) is 16.1 Å². The molecule has 1 fully saturated rings. The lowest BCUT2D eigenvalue weighted by atomic mass is 9.82. The van der Waals surface area contributed by atoms with Gasteiger partial charge in [-0.2, -0.15) is 13.2 Å². The number of rotatable bonds is 4. The highest BCUT2D eigenvalue weighted by atomic mass is 19.4. The van der Waals surface area contributed by atoms with Crippen LogP contribution in [0.3, 0.4) is 0 Å². The number of hydrogen-bond donors (Lipinski definition) is 0. The lowest BCUT2D eigenvalue weighted by Gasteiger charge is -2.24. The fourth-order valence-corrected chi connectivity index (χ4v) is 3.28. The third-order valence-corrected chi connectivity index (χ3v) is 4.86. The number of halogens is 3. The molecule has 2 aromatic rings. The van der Waals surface area contributed by atoms with Crippen LogP contribution < -0.4 is 4.74 Å². The number of alkyl halides is 3. The molecule has 1 heterocycles. The lowest BCUT2D eigenvalue weighted by molar-refractivity contribution is -0.137. The molecule has 0 saturated heterocycles. The number of ether oxygens (including phenoxy) is 1. The summed E-state index contributed by atoms with van der Waals surface area (Å²) in [6.45, 7) is 0.0600. The minimum Gasteiger partial charge on any atom is -0.486 e. The van der Waals surface area contributed by atoms with Crippen LogP contribution in [0.15, 0.2) is 24.3 Å². The zero-order chi connectivity index (χ0) is 18.7. The third kappa shape index (κ3) is 4.01. The maximum atomic E-state index is 12.8. The lowest BCUT2D eigenvalue weighted by Crippen LogP contribution is -2.16. The monoisotopic (exact) mass is 363 g/mol. The SMILES string of the molecule is C#CC1CCC(c2nnc(COc3cccc(C(F)(F)F)c3)n2C)CC1. The number of terminal acetylenes is 1. The molecule has 0 radical (unpaired) electrons. The van der Waals surface area contributed by atoms with Gasteiger partial charge in [0.25, 0.3) is 0 Å². The molecule has 7 heteroatoms. The van der Waals surface area contributed by atoms with Gasteiger partial charge in [0.15, 0.2) is 5.82 Å². The average Bonchev–Trinajstić information content (AvgIpc) is 3.00. The van der Waals surface area contributed by atoms with Crippen LogP contribution in [0.5, 0.6) is 5.75 Å². The van der Waals surface area contributed by atoms with Gasteiger partial charge in [0, 0.05) is 18.9 Å². The van der Waals surface area contributed by atoms with Gasteiger partial charge >= 0.3 is 6.18 Å². The first-order valence-corrected chi connectivity index (χ1v) is 8.53. The quantitative estimate of drug-likeness (QED) is 0.760. The first kappa shape index (κ1) is 18.3. The highest BCUT2D eigenvalue weighted by Gasteiger charge is 2.30. The summed E-state index contributed by atoms with van der Waals surface area (Å²) in [6.07, 6.45) is 4.98. The Bertz CT molecular complexity index is 799. The Kier molecular flexibility index (Phi) is 5.21. The summed E-state index contributed by atoms with van der Waals surface area (Å²) in [5, 5.41) is 8.40. The summed E-state index contributed by atoms with van der Waals surface area (Å²) in [5.41, 5.74) is -0.737. The van der Waals surface area contributed by atoms with E-state index in [0.717, 1.165) is 43.6 Å². The van der Waals surface area contributed by atoms with Crippen LogP contribution in [-0.4, -0.2) is 14.8 Å². The fourth-order valence-electron chi connectivity index (χ4n) is 3.28. The normalized spacial score (nSPS) is 20.6. The van der Waals surface area contributed by atoms with Crippen molar-refractivity contribution < 1.29 is 17.9 Å². The number of aromatic nitrogens is 3. The van der Waals surface area contributed by atoms with E-state index in [1.807, 2.05) is 11.6 Å². The second-order valence-electron chi connectivity index (χ2n) is 6.56. The first-order valence-electron chi connectivity index (χ1n) is 8.53. The van der Waals surface area contributed by atoms with Crippen molar-refractivity contribution in [2.24, 2.45) is 13.0 Å². The van der Waals surface area contributed by atoms with Crippen LogP contribution in [-0.2, 0) is 19.8 Å². The van der Waals surface area contributed by atoms with Crippen LogP contribution in [0.4, 0.5) is 13.2 Å². The molecule has 1 aromatic carbocycles. The summed E-state index contributed by atoms with van der Waals surface area (Å²) < 4.78 is 45.7. The molecule has 4 nitrogen and oxygen atoms in total. The van der Waals surface area contributed by atoms with Gasteiger partial charge in [-0.15, -0.1) is 22.5 Å². The number of hydrogen-bond acceptors (Lipinski definition) is 3. The molecule has 26 heavy (non-hydrogen) atoms. The minimum atomic E-state index is -4.39. The summed E-state index contributed by atoms with van der Waals surface area (Å²) in [4.78, 5) is 0. The summed E-state index contributed by atoms with van der Waals surface area (Å²) in [5.74, 6) is 5.06. The Labute approximate surface area is 150 Å². The van der Waals surface area contributed by atoms with Crippen molar-refractivity contribution in [1.82, 2.24) is 14.8 Å². The fraction of sp³-hybridized carbons (Fsp3) is 0.474. The van der Waals surface area contributed by atoms with E-state index in [-0.39, 0.29) is 12.4 Å². The van der Waals surface area contributed by atoms with Crippen LogP contribution in [0.1, 0.15) is 48.8 Å². The Balaban J connectivity index is 1.65. The second kappa shape index (κ2) is 7.40. The van der Waals surface area contributed by atoms with E-state index in [0.29, 0.717) is 17.7 Å². The van der Waals surface area contributed by atoms with Crippen molar-refractivity contribution >= 4 is 0 Å². The van der Waals surface area contributed by atoms with Gasteiger partial charge in [-0.25, -0.2) is 0 Å². The van der Waals surface area contributed by atoms with Crippen molar-refractivity contribution in [2.45, 2.75) is 44.4 Å². The van der Waals surface area contributed by atoms with E-state index < -0.39 is 11.7 Å². The van der Waals surface area contributed by atoms with Gasteiger partial charge in [-0.3, -0.25) is 0 Å². The molecule has 1 aromatic heterocycles. The Morgan fingerprint density at radius 1 is 1.23 bits per heavy atom. The van der Waals surface area contributed by atoms with Crippen LogP contribution in [0, 0.1) is 18.3 Å². The maximum absolute atomic E-state index is 12.8. The molecule has 0 atom stereocenters. The molecule has 0 N–H and O–H groups in total. The van der Waals surface area contributed by atoms with Gasteiger partial charge < -0.3 is 9.30 Å². The minimum absolute atomic E-state index is 0.0600. The van der Waals surface area contributed by atoms with E-state index in [1.165, 1.54) is 12.1 Å². The van der Waals surface area contributed by atoms with E-state index >= 15 is 0 Å².